The van der Waals surface area contributed by atoms with Crippen molar-refractivity contribution >= 4 is 27.5 Å². The molecular weight excluding hydrogens is 382 g/mol. The number of nitrogens with one attached hydrogen (secondary N) is 3. The summed E-state index contributed by atoms with van der Waals surface area (Å²) in [6.45, 7) is 1.62. The molecule has 0 fully saturated rings. The van der Waals surface area contributed by atoms with Crippen LogP contribution in [0, 0.1) is 6.92 Å². The first kappa shape index (κ1) is 19.2. The molecule has 2 aromatic carbocycles. The first-order chi connectivity index (χ1) is 13.4. The van der Waals surface area contributed by atoms with Crippen molar-refractivity contribution in [2.45, 2.75) is 11.8 Å². The number of furan rings is 1. The summed E-state index contributed by atoms with van der Waals surface area (Å²) in [7, 11) is -3.78. The zero-order chi connectivity index (χ0) is 20.1. The molecular formula is C19H17N3O5S. The molecule has 0 aliphatic heterocycles. The van der Waals surface area contributed by atoms with Gasteiger partial charge in [-0.3, -0.25) is 25.2 Å². The quantitative estimate of drug-likeness (QED) is 0.570. The van der Waals surface area contributed by atoms with E-state index in [0.29, 0.717) is 11.3 Å². The van der Waals surface area contributed by atoms with Gasteiger partial charge in [-0.1, -0.05) is 24.3 Å². The average Bonchev–Trinajstić information content (AvgIpc) is 3.12. The predicted octanol–water partition coefficient (Wildman–Crippen LogP) is 2.46. The van der Waals surface area contributed by atoms with Crippen LogP contribution in [0.2, 0.25) is 0 Å². The summed E-state index contributed by atoms with van der Waals surface area (Å²) in [6.07, 6.45) is 1.37. The van der Waals surface area contributed by atoms with Crippen molar-refractivity contribution in [1.29, 1.82) is 0 Å². The van der Waals surface area contributed by atoms with Gasteiger partial charge in [-0.15, -0.1) is 0 Å². The normalized spacial score (nSPS) is 10.9. The largest absolute Gasteiger partial charge is 0.469 e. The molecule has 0 bridgehead atoms. The molecule has 3 rings (SSSR count). The topological polar surface area (TPSA) is 118 Å². The van der Waals surface area contributed by atoms with Gasteiger partial charge in [0.05, 0.1) is 16.7 Å². The van der Waals surface area contributed by atoms with Gasteiger partial charge in [-0.05, 0) is 43.3 Å². The molecule has 2 amide bonds. The summed E-state index contributed by atoms with van der Waals surface area (Å²) < 4.78 is 32.2. The van der Waals surface area contributed by atoms with E-state index < -0.39 is 21.8 Å². The second-order valence-electron chi connectivity index (χ2n) is 5.80. The van der Waals surface area contributed by atoms with Crippen molar-refractivity contribution in [2.75, 3.05) is 4.72 Å². The molecule has 0 saturated carbocycles. The first-order valence-electron chi connectivity index (χ1n) is 8.19. The number of hydrazine groups is 1. The zero-order valence-electron chi connectivity index (χ0n) is 14.8. The Kier molecular flexibility index (Phi) is 5.46. The number of hydrogen-bond donors (Lipinski definition) is 3. The lowest BCUT2D eigenvalue weighted by molar-refractivity contribution is 0.0845. The van der Waals surface area contributed by atoms with Crippen LogP contribution in [0.5, 0.6) is 0 Å². The van der Waals surface area contributed by atoms with E-state index in [1.54, 1.807) is 25.1 Å². The van der Waals surface area contributed by atoms with E-state index in [9.17, 15) is 18.0 Å². The SMILES string of the molecule is Cc1occc1C(=O)NNC(=O)c1cccc(NS(=O)(=O)c2ccccc2)c1. The van der Waals surface area contributed by atoms with E-state index in [1.807, 2.05) is 0 Å². The van der Waals surface area contributed by atoms with Gasteiger partial charge >= 0.3 is 0 Å². The van der Waals surface area contributed by atoms with Crippen LogP contribution in [-0.4, -0.2) is 20.2 Å². The highest BCUT2D eigenvalue weighted by Gasteiger charge is 2.16. The monoisotopic (exact) mass is 399 g/mol. The van der Waals surface area contributed by atoms with Crippen molar-refractivity contribution in [3.8, 4) is 0 Å². The van der Waals surface area contributed by atoms with E-state index in [0.717, 1.165) is 0 Å². The minimum atomic E-state index is -3.78. The molecule has 1 aromatic heterocycles. The molecule has 0 saturated heterocycles. The Hall–Kier alpha value is -3.59. The van der Waals surface area contributed by atoms with Gasteiger partial charge < -0.3 is 4.42 Å². The van der Waals surface area contributed by atoms with Gasteiger partial charge in [0, 0.05) is 11.3 Å². The molecule has 0 aliphatic carbocycles. The van der Waals surface area contributed by atoms with Gasteiger partial charge in [0.1, 0.15) is 5.76 Å². The molecule has 0 atom stereocenters. The lowest BCUT2D eigenvalue weighted by atomic mass is 10.2. The fraction of sp³-hybridized carbons (Fsp3) is 0.0526. The number of anilines is 1. The fourth-order valence-corrected chi connectivity index (χ4v) is 3.48. The second-order valence-corrected chi connectivity index (χ2v) is 7.48. The molecule has 144 valence electrons. The number of aryl methyl sites for hydroxylation is 1. The van der Waals surface area contributed by atoms with Crippen molar-refractivity contribution < 1.29 is 22.4 Å². The molecule has 8 nitrogen and oxygen atoms in total. The Morgan fingerprint density at radius 2 is 1.61 bits per heavy atom. The molecule has 3 N–H and O–H groups in total. The van der Waals surface area contributed by atoms with Gasteiger partial charge in [-0.2, -0.15) is 0 Å². The lowest BCUT2D eigenvalue weighted by Gasteiger charge is -2.10. The van der Waals surface area contributed by atoms with E-state index in [4.69, 9.17) is 4.42 Å². The summed E-state index contributed by atoms with van der Waals surface area (Å²) in [5, 5.41) is 0. The molecule has 9 heteroatoms. The van der Waals surface area contributed by atoms with Crippen LogP contribution in [0.4, 0.5) is 5.69 Å². The Morgan fingerprint density at radius 3 is 2.29 bits per heavy atom. The molecule has 0 radical (unpaired) electrons. The van der Waals surface area contributed by atoms with Crippen LogP contribution >= 0.6 is 0 Å². The predicted molar refractivity (Wildman–Crippen MR) is 102 cm³/mol. The third-order valence-electron chi connectivity index (χ3n) is 3.82. The Morgan fingerprint density at radius 1 is 0.893 bits per heavy atom. The lowest BCUT2D eigenvalue weighted by Crippen LogP contribution is -2.41. The Labute approximate surface area is 161 Å². The Bertz CT molecular complexity index is 1110. The number of carbonyl (C=O) groups is 2. The van der Waals surface area contributed by atoms with Gasteiger partial charge in [0.2, 0.25) is 0 Å². The van der Waals surface area contributed by atoms with Gasteiger partial charge in [0.15, 0.2) is 0 Å². The standard InChI is InChI=1S/C19H17N3O5S/c1-13-17(10-11-27-13)19(24)21-20-18(23)14-6-5-7-15(12-14)22-28(25,26)16-8-3-2-4-9-16/h2-12,22H,1H3,(H,20,23)(H,21,24). The molecule has 0 unspecified atom stereocenters. The summed E-state index contributed by atoms with van der Waals surface area (Å²) in [6, 6.07) is 15.3. The van der Waals surface area contributed by atoms with Crippen LogP contribution in [0.1, 0.15) is 26.5 Å². The maximum absolute atomic E-state index is 12.4. The number of amides is 2. The average molecular weight is 399 g/mol. The van der Waals surface area contributed by atoms with E-state index in [2.05, 4.69) is 15.6 Å². The molecule has 3 aromatic rings. The molecule has 28 heavy (non-hydrogen) atoms. The van der Waals surface area contributed by atoms with E-state index >= 15 is 0 Å². The summed E-state index contributed by atoms with van der Waals surface area (Å²) >= 11 is 0. The summed E-state index contributed by atoms with van der Waals surface area (Å²) in [5.41, 5.74) is 5.24. The number of carbonyl (C=O) groups excluding carboxylic acids is 2. The number of benzene rings is 2. The zero-order valence-corrected chi connectivity index (χ0v) is 15.6. The van der Waals surface area contributed by atoms with Crippen molar-refractivity contribution in [2.24, 2.45) is 0 Å². The van der Waals surface area contributed by atoms with E-state index in [1.165, 1.54) is 48.7 Å². The smallest absolute Gasteiger partial charge is 0.273 e. The van der Waals surface area contributed by atoms with Gasteiger partial charge in [-0.25, -0.2) is 8.42 Å². The van der Waals surface area contributed by atoms with Crippen molar-refractivity contribution in [3.05, 3.63) is 83.8 Å². The summed E-state index contributed by atoms with van der Waals surface area (Å²) in [4.78, 5) is 24.4. The fourth-order valence-electron chi connectivity index (χ4n) is 2.41. The minimum Gasteiger partial charge on any atom is -0.469 e. The third-order valence-corrected chi connectivity index (χ3v) is 5.22. The highest BCUT2D eigenvalue weighted by molar-refractivity contribution is 7.92. The van der Waals surface area contributed by atoms with Crippen molar-refractivity contribution in [3.63, 3.8) is 0 Å². The van der Waals surface area contributed by atoms with Crippen LogP contribution < -0.4 is 15.6 Å². The van der Waals surface area contributed by atoms with Crippen molar-refractivity contribution in [1.82, 2.24) is 10.9 Å². The highest BCUT2D eigenvalue weighted by Crippen LogP contribution is 2.17. The van der Waals surface area contributed by atoms with Crippen LogP contribution in [0.3, 0.4) is 0 Å². The molecule has 0 spiro atoms. The highest BCUT2D eigenvalue weighted by atomic mass is 32.2. The molecule has 0 aliphatic rings. The number of hydrogen-bond acceptors (Lipinski definition) is 5. The van der Waals surface area contributed by atoms with Crippen LogP contribution in [0.15, 0.2) is 76.2 Å². The number of rotatable bonds is 5. The van der Waals surface area contributed by atoms with E-state index in [-0.39, 0.29) is 16.1 Å². The second kappa shape index (κ2) is 7.97. The summed E-state index contributed by atoms with van der Waals surface area (Å²) in [5.74, 6) is -0.708. The maximum atomic E-state index is 12.4. The maximum Gasteiger partial charge on any atom is 0.273 e. The minimum absolute atomic E-state index is 0.104. The Balaban J connectivity index is 1.68. The third kappa shape index (κ3) is 4.38. The van der Waals surface area contributed by atoms with Crippen LogP contribution in [-0.2, 0) is 10.0 Å². The van der Waals surface area contributed by atoms with Crippen LogP contribution in [0.25, 0.3) is 0 Å². The van der Waals surface area contributed by atoms with Gasteiger partial charge in [0.25, 0.3) is 21.8 Å². The first-order valence-corrected chi connectivity index (χ1v) is 9.68. The number of sulfonamides is 1. The molecule has 1 heterocycles.